The fourth-order valence-electron chi connectivity index (χ4n) is 2.52. The zero-order valence-corrected chi connectivity index (χ0v) is 14.2. The highest BCUT2D eigenvalue weighted by molar-refractivity contribution is 6.30. The number of furan rings is 1. The molecule has 0 atom stereocenters. The third-order valence-corrected chi connectivity index (χ3v) is 4.00. The smallest absolute Gasteiger partial charge is 0.333 e. The Hall–Kier alpha value is -3.95. The summed E-state index contributed by atoms with van der Waals surface area (Å²) in [6.45, 7) is 0. The van der Waals surface area contributed by atoms with Gasteiger partial charge in [-0.25, -0.2) is 4.79 Å². The number of amides is 4. The fraction of sp³-hybridized carbons (Fsp3) is 0.118. The van der Waals surface area contributed by atoms with Gasteiger partial charge in [0.15, 0.2) is 0 Å². The summed E-state index contributed by atoms with van der Waals surface area (Å²) < 4.78 is 5.51. The van der Waals surface area contributed by atoms with E-state index in [4.69, 9.17) is 4.42 Å². The van der Waals surface area contributed by atoms with E-state index in [1.165, 1.54) is 38.4 Å². The largest absolute Gasteiger partial charge is 0.868 e. The van der Waals surface area contributed by atoms with Gasteiger partial charge in [-0.05, 0) is 24.0 Å². The maximum atomic E-state index is 12.2. The highest BCUT2D eigenvalue weighted by Crippen LogP contribution is 2.31. The molecule has 1 aromatic heterocycles. The molecule has 0 saturated carbocycles. The molecule has 1 saturated heterocycles. The number of hydrogen-bond donors (Lipinski definition) is 0. The molecule has 0 radical (unpaired) electrons. The van der Waals surface area contributed by atoms with Crippen LogP contribution >= 0.6 is 0 Å². The topological polar surface area (TPSA) is 137 Å². The number of nitro groups is 1. The average Bonchev–Trinajstić information content (AvgIpc) is 3.11. The summed E-state index contributed by atoms with van der Waals surface area (Å²) in [5.74, 6) is -1.93. The molecule has 1 aromatic carbocycles. The van der Waals surface area contributed by atoms with Gasteiger partial charge in [-0.15, -0.1) is 0 Å². The summed E-state index contributed by atoms with van der Waals surface area (Å²) in [6.07, 6.45) is 1.18. The summed E-state index contributed by atoms with van der Waals surface area (Å²) in [7, 11) is 2.50. The van der Waals surface area contributed by atoms with E-state index in [1.807, 2.05) is 0 Å². The number of urea groups is 1. The van der Waals surface area contributed by atoms with Crippen molar-refractivity contribution in [2.45, 2.75) is 0 Å². The molecule has 10 nitrogen and oxygen atoms in total. The molecule has 4 amide bonds. The molecular formula is C17H12N3O7-. The first-order chi connectivity index (χ1) is 12.7. The second-order valence-corrected chi connectivity index (χ2v) is 5.71. The van der Waals surface area contributed by atoms with E-state index in [-0.39, 0.29) is 22.7 Å². The van der Waals surface area contributed by atoms with E-state index in [0.717, 1.165) is 21.9 Å². The van der Waals surface area contributed by atoms with E-state index in [0.29, 0.717) is 0 Å². The van der Waals surface area contributed by atoms with Crippen LogP contribution in [0.3, 0.4) is 0 Å². The van der Waals surface area contributed by atoms with Crippen molar-refractivity contribution in [1.29, 1.82) is 0 Å². The summed E-state index contributed by atoms with van der Waals surface area (Å²) in [5, 5.41) is 22.4. The van der Waals surface area contributed by atoms with Gasteiger partial charge >= 0.3 is 6.03 Å². The van der Waals surface area contributed by atoms with Crippen molar-refractivity contribution in [2.75, 3.05) is 14.1 Å². The van der Waals surface area contributed by atoms with Gasteiger partial charge in [-0.2, -0.15) is 0 Å². The number of barbiturate groups is 1. The first-order valence-corrected chi connectivity index (χ1v) is 7.58. The number of benzene rings is 1. The Morgan fingerprint density at radius 1 is 1.04 bits per heavy atom. The highest BCUT2D eigenvalue weighted by Gasteiger charge is 2.38. The maximum absolute atomic E-state index is 12.2. The Morgan fingerprint density at radius 2 is 1.67 bits per heavy atom. The van der Waals surface area contributed by atoms with Crippen LogP contribution in [0.2, 0.25) is 0 Å². The number of imide groups is 2. The first kappa shape index (κ1) is 17.9. The average molecular weight is 370 g/mol. The molecule has 27 heavy (non-hydrogen) atoms. The number of nitrogens with zero attached hydrogens (tertiary/aromatic N) is 3. The Kier molecular flexibility index (Phi) is 4.24. The summed E-state index contributed by atoms with van der Waals surface area (Å²) in [5.41, 5.74) is -0.568. The van der Waals surface area contributed by atoms with Crippen molar-refractivity contribution in [3.05, 3.63) is 51.8 Å². The van der Waals surface area contributed by atoms with Crippen LogP contribution in [0, 0.1) is 10.1 Å². The molecule has 10 heteroatoms. The zero-order chi connectivity index (χ0) is 19.9. The Balaban J connectivity index is 1.97. The number of carbonyl (C=O) groups excluding carboxylic acids is 3. The molecule has 1 aliphatic heterocycles. The van der Waals surface area contributed by atoms with E-state index in [2.05, 4.69) is 0 Å². The first-order valence-electron chi connectivity index (χ1n) is 7.58. The predicted octanol–water partition coefficient (Wildman–Crippen LogP) is 1.36. The minimum Gasteiger partial charge on any atom is -0.868 e. The second-order valence-electron chi connectivity index (χ2n) is 5.71. The van der Waals surface area contributed by atoms with Gasteiger partial charge in [-0.3, -0.25) is 29.5 Å². The second kappa shape index (κ2) is 6.41. The van der Waals surface area contributed by atoms with Gasteiger partial charge in [0, 0.05) is 25.7 Å². The molecule has 1 aliphatic rings. The molecule has 2 heterocycles. The fourth-order valence-corrected chi connectivity index (χ4v) is 2.52. The van der Waals surface area contributed by atoms with Gasteiger partial charge < -0.3 is 9.52 Å². The maximum Gasteiger partial charge on any atom is 0.333 e. The lowest BCUT2D eigenvalue weighted by atomic mass is 10.1. The monoisotopic (exact) mass is 370 g/mol. The molecule has 0 unspecified atom stereocenters. The number of carbonyl (C=O) groups is 3. The Labute approximate surface area is 152 Å². The summed E-state index contributed by atoms with van der Waals surface area (Å²) in [6, 6.07) is 5.69. The van der Waals surface area contributed by atoms with Gasteiger partial charge in [0.05, 0.1) is 4.92 Å². The lowest BCUT2D eigenvalue weighted by Gasteiger charge is -2.28. The molecular weight excluding hydrogens is 358 g/mol. The van der Waals surface area contributed by atoms with Crippen LogP contribution in [-0.2, 0) is 9.59 Å². The van der Waals surface area contributed by atoms with Crippen LogP contribution in [0.25, 0.3) is 17.4 Å². The van der Waals surface area contributed by atoms with Crippen molar-refractivity contribution in [3.63, 3.8) is 0 Å². The number of likely N-dealkylation sites (N-methyl/N-ethyl adjacent to an activating group) is 2. The van der Waals surface area contributed by atoms with Crippen molar-refractivity contribution in [3.8, 4) is 17.1 Å². The zero-order valence-electron chi connectivity index (χ0n) is 14.2. The van der Waals surface area contributed by atoms with E-state index < -0.39 is 34.2 Å². The molecule has 1 fully saturated rings. The molecule has 0 bridgehead atoms. The van der Waals surface area contributed by atoms with E-state index in [9.17, 15) is 29.6 Å². The van der Waals surface area contributed by atoms with Crippen molar-refractivity contribution < 1.29 is 28.8 Å². The third kappa shape index (κ3) is 3.03. The predicted molar refractivity (Wildman–Crippen MR) is 89.2 cm³/mol. The van der Waals surface area contributed by atoms with Gasteiger partial charge in [0.2, 0.25) is 0 Å². The van der Waals surface area contributed by atoms with Crippen LogP contribution in [0.1, 0.15) is 5.76 Å². The quantitative estimate of drug-likeness (QED) is 0.344. The molecule has 0 N–H and O–H groups in total. The van der Waals surface area contributed by atoms with Crippen LogP contribution in [-0.4, -0.2) is 46.7 Å². The number of rotatable bonds is 3. The number of hydrogen-bond acceptors (Lipinski definition) is 7. The summed E-state index contributed by atoms with van der Waals surface area (Å²) >= 11 is 0. The van der Waals surface area contributed by atoms with Crippen LogP contribution in [0.4, 0.5) is 10.5 Å². The van der Waals surface area contributed by atoms with E-state index in [1.54, 1.807) is 0 Å². The third-order valence-electron chi connectivity index (χ3n) is 4.00. The standard InChI is InChI=1S/C17H13N3O7/c1-18-15(22)11(16(23)19(2)17(18)24)8-10-4-6-14(27-10)9-3-5-13(21)12(7-9)20(25)26/h3-8,21H,1-2H3/p-1. The van der Waals surface area contributed by atoms with Crippen molar-refractivity contribution >= 4 is 29.6 Å². The Morgan fingerprint density at radius 3 is 2.26 bits per heavy atom. The lowest BCUT2D eigenvalue weighted by Crippen LogP contribution is -2.52. The molecule has 138 valence electrons. The highest BCUT2D eigenvalue weighted by atomic mass is 16.6. The van der Waals surface area contributed by atoms with Crippen LogP contribution < -0.4 is 5.11 Å². The minimum atomic E-state index is -0.792. The SMILES string of the molecule is CN1C(=O)C(=Cc2ccc(-c3ccc([O-])c([N+](=O)[O-])c3)o2)C(=O)N(C)C1=O. The van der Waals surface area contributed by atoms with Gasteiger partial charge in [0.1, 0.15) is 17.1 Å². The van der Waals surface area contributed by atoms with Crippen LogP contribution in [0.5, 0.6) is 5.75 Å². The lowest BCUT2D eigenvalue weighted by molar-refractivity contribution is -0.398. The normalized spacial score (nSPS) is 14.7. The van der Waals surface area contributed by atoms with E-state index >= 15 is 0 Å². The van der Waals surface area contributed by atoms with Gasteiger partial charge in [-0.1, -0.05) is 12.1 Å². The molecule has 0 aliphatic carbocycles. The van der Waals surface area contributed by atoms with Crippen molar-refractivity contribution in [2.24, 2.45) is 0 Å². The van der Waals surface area contributed by atoms with Crippen LogP contribution in [0.15, 0.2) is 40.3 Å². The number of nitro benzene ring substituents is 1. The molecule has 0 spiro atoms. The molecule has 2 aromatic rings. The Bertz CT molecular complexity index is 995. The summed E-state index contributed by atoms with van der Waals surface area (Å²) in [4.78, 5) is 47.8. The molecule has 3 rings (SSSR count). The minimum absolute atomic E-state index is 0.131. The van der Waals surface area contributed by atoms with Crippen molar-refractivity contribution in [1.82, 2.24) is 9.80 Å². The van der Waals surface area contributed by atoms with Gasteiger partial charge in [0.25, 0.3) is 17.5 Å².